The predicted molar refractivity (Wildman–Crippen MR) is 269 cm³/mol. The molecule has 2 aliphatic heterocycles. The normalized spacial score (nSPS) is 13.9. The Hall–Kier alpha value is -6.60. The molecule has 0 bridgehead atoms. The number of benzene rings is 2. The third kappa shape index (κ3) is 14.2. The zero-order valence-electron chi connectivity index (χ0n) is 38.3. The van der Waals surface area contributed by atoms with Gasteiger partial charge in [0.25, 0.3) is 34.7 Å². The maximum Gasteiger partial charge on any atom is 0.407 e. The van der Waals surface area contributed by atoms with Crippen LogP contribution in [0.1, 0.15) is 73.6 Å². The van der Waals surface area contributed by atoms with Crippen LogP contribution in [0.25, 0.3) is 0 Å². The van der Waals surface area contributed by atoms with Gasteiger partial charge in [0, 0.05) is 44.2 Å². The predicted octanol–water partition coefficient (Wildman–Crippen LogP) is 2.40. The number of amides is 6. The highest BCUT2D eigenvalue weighted by molar-refractivity contribution is 8.23. The number of aromatic nitrogens is 2. The van der Waals surface area contributed by atoms with Crippen molar-refractivity contribution in [2.24, 2.45) is 0 Å². The summed E-state index contributed by atoms with van der Waals surface area (Å²) in [6.07, 6.45) is -0.635. The molecule has 2 aromatic carbocycles. The Balaban J connectivity index is 1.23. The topological polar surface area (TPSA) is 238 Å². The van der Waals surface area contributed by atoms with Gasteiger partial charge in [-0.15, -0.1) is 9.46 Å². The average molecular weight is 1040 g/mol. The van der Waals surface area contributed by atoms with Crippen LogP contribution in [0.3, 0.4) is 0 Å². The van der Waals surface area contributed by atoms with Crippen molar-refractivity contribution >= 4 is 92.2 Å². The summed E-state index contributed by atoms with van der Waals surface area (Å²) < 4.78 is 12.8. The molecular weight excluding hydrogens is 985 g/mol. The van der Waals surface area contributed by atoms with E-state index in [1.165, 1.54) is 45.5 Å². The molecule has 1 unspecified atom stereocenters. The highest BCUT2D eigenvalue weighted by Crippen LogP contribution is 2.22. The van der Waals surface area contributed by atoms with Crippen molar-refractivity contribution in [3.8, 4) is 0 Å². The number of rotatable bonds is 20. The zero-order valence-corrected chi connectivity index (χ0v) is 41.5. The lowest BCUT2D eigenvalue weighted by Crippen LogP contribution is -2.54. The monoisotopic (exact) mass is 1030 g/mol. The summed E-state index contributed by atoms with van der Waals surface area (Å²) in [5, 5.41) is 10.1. The Morgan fingerprint density at radius 3 is 1.57 bits per heavy atom. The van der Waals surface area contributed by atoms with Gasteiger partial charge < -0.3 is 40.4 Å². The molecule has 20 nitrogen and oxygen atoms in total. The Kier molecular flexibility index (Phi) is 18.7. The van der Waals surface area contributed by atoms with Crippen molar-refractivity contribution in [1.29, 1.82) is 0 Å². The maximum absolute atomic E-state index is 14.1. The highest BCUT2D eigenvalue weighted by Gasteiger charge is 2.32. The van der Waals surface area contributed by atoms with E-state index in [9.17, 15) is 38.4 Å². The smallest absolute Gasteiger partial charge is 0.407 e. The second kappa shape index (κ2) is 24.8. The molecule has 4 aromatic rings. The third-order valence-electron chi connectivity index (χ3n) is 9.98. The molecule has 2 fully saturated rings. The first-order valence-corrected chi connectivity index (χ1v) is 24.6. The van der Waals surface area contributed by atoms with Crippen molar-refractivity contribution in [2.75, 3.05) is 57.4 Å². The summed E-state index contributed by atoms with van der Waals surface area (Å²) in [4.78, 5) is 123. The lowest BCUT2D eigenvalue weighted by atomic mass is 10.1. The molecule has 6 amide bonds. The minimum absolute atomic E-state index is 0.0406. The summed E-state index contributed by atoms with van der Waals surface area (Å²) >= 11 is 13.3. The summed E-state index contributed by atoms with van der Waals surface area (Å²) in [6.45, 7) is 4.84. The molecule has 2 aliphatic rings. The van der Waals surface area contributed by atoms with E-state index >= 15 is 0 Å². The number of ether oxygens (including phenoxy) is 2. The van der Waals surface area contributed by atoms with Crippen molar-refractivity contribution in [3.05, 3.63) is 139 Å². The van der Waals surface area contributed by atoms with Crippen molar-refractivity contribution < 1.29 is 47.9 Å². The average Bonchev–Trinajstić information content (AvgIpc) is 3.98. The van der Waals surface area contributed by atoms with Gasteiger partial charge in [-0.2, -0.15) is 0 Å². The van der Waals surface area contributed by atoms with E-state index in [4.69, 9.17) is 43.6 Å². The van der Waals surface area contributed by atoms with E-state index in [0.717, 1.165) is 16.9 Å². The van der Waals surface area contributed by atoms with Gasteiger partial charge in [-0.25, -0.2) is 4.79 Å². The fourth-order valence-corrected chi connectivity index (χ4v) is 8.97. The number of thiocarbonyl (C=S) groups is 2. The molecule has 0 aliphatic carbocycles. The summed E-state index contributed by atoms with van der Waals surface area (Å²) in [6, 6.07) is 20.7. The van der Waals surface area contributed by atoms with Crippen molar-refractivity contribution in [1.82, 2.24) is 40.5 Å². The minimum atomic E-state index is -1.59. The number of nitrogens with one attached hydrogen (secondary N) is 4. The largest absolute Gasteiger partial charge is 0.444 e. The van der Waals surface area contributed by atoms with Gasteiger partial charge in [0.1, 0.15) is 56.0 Å². The van der Waals surface area contributed by atoms with E-state index < -0.39 is 76.1 Å². The van der Waals surface area contributed by atoms with E-state index in [-0.39, 0.29) is 57.4 Å². The van der Waals surface area contributed by atoms with E-state index in [1.807, 2.05) is 0 Å². The number of alkyl carbamates (subject to hydrolysis) is 1. The van der Waals surface area contributed by atoms with Gasteiger partial charge in [-0.3, -0.25) is 43.4 Å². The quantitative estimate of drug-likeness (QED) is 0.0735. The van der Waals surface area contributed by atoms with Gasteiger partial charge >= 0.3 is 6.09 Å². The molecule has 370 valence electrons. The molecule has 4 N–H and O–H groups in total. The number of carbonyl (C=O) groups excluding carboxylic acids is 6. The van der Waals surface area contributed by atoms with Crippen LogP contribution in [-0.4, -0.2) is 133 Å². The molecule has 4 heterocycles. The van der Waals surface area contributed by atoms with Crippen LogP contribution in [0.5, 0.6) is 0 Å². The molecule has 1 atom stereocenters. The molecule has 0 saturated carbocycles. The molecule has 24 heteroatoms. The SMILES string of the molecule is CC(C)(C)OC(=O)NCCOCCNC(=O)C(CNC(=O)c1ccc(C(=O)N2CCSC2=S)n(OCc2ccccc2)c1=O)NC(=O)c1ccc(C(=O)N2CCSC2=S)n(OCc2ccccc2)c1=O. The number of nitrogens with zero attached hydrogens (tertiary/aromatic N) is 4. The maximum atomic E-state index is 14.1. The van der Waals surface area contributed by atoms with Gasteiger partial charge in [0.2, 0.25) is 5.91 Å². The lowest BCUT2D eigenvalue weighted by molar-refractivity contribution is -0.123. The van der Waals surface area contributed by atoms with Crippen LogP contribution in [0.2, 0.25) is 0 Å². The first-order valence-electron chi connectivity index (χ1n) is 21.8. The summed E-state index contributed by atoms with van der Waals surface area (Å²) in [7, 11) is 0. The fraction of sp³-hybridized carbons (Fsp3) is 0.348. The fourth-order valence-electron chi connectivity index (χ4n) is 6.56. The zero-order chi connectivity index (χ0) is 50.4. The van der Waals surface area contributed by atoms with E-state index in [1.54, 1.807) is 81.4 Å². The number of hydrogen-bond donors (Lipinski definition) is 4. The second-order valence-electron chi connectivity index (χ2n) is 16.2. The third-order valence-corrected chi connectivity index (χ3v) is 12.8. The summed E-state index contributed by atoms with van der Waals surface area (Å²) in [5.41, 5.74) is -2.82. The van der Waals surface area contributed by atoms with Crippen LogP contribution in [0.4, 0.5) is 4.79 Å². The van der Waals surface area contributed by atoms with Crippen LogP contribution >= 0.6 is 48.0 Å². The Morgan fingerprint density at radius 1 is 0.643 bits per heavy atom. The number of pyridine rings is 2. The molecule has 0 radical (unpaired) electrons. The second-order valence-corrected chi connectivity index (χ2v) is 19.6. The van der Waals surface area contributed by atoms with E-state index in [0.29, 0.717) is 42.5 Å². The number of carbonyl (C=O) groups is 6. The van der Waals surface area contributed by atoms with Gasteiger partial charge in [-0.1, -0.05) is 109 Å². The molecular formula is C46H50N8O12S4. The Morgan fingerprint density at radius 2 is 1.11 bits per heavy atom. The molecule has 0 spiro atoms. The minimum Gasteiger partial charge on any atom is -0.444 e. The standard InChI is InChI=1S/C46H50N8O12S4/c1-46(2,3)66-43(62)48-19-23-63-22-18-47-38(57)33(50-37(56)32-15-17-35(42(61)52-21-25-70-45(52)68)54(40(32)59)65-28-30-12-8-5-9-13-30)26-49-36(55)31-14-16-34(41(60)51-20-24-69-44(51)67)53(39(31)58)64-27-29-10-6-4-7-11-29/h4-17,33H,18-28H2,1-3H3,(H,47,57)(H,48,62)(H,49,55)(H,50,56). The molecule has 6 rings (SSSR count). The highest BCUT2D eigenvalue weighted by atomic mass is 32.2. The first kappa shape index (κ1) is 52.8. The van der Waals surface area contributed by atoms with E-state index in [2.05, 4.69) is 21.3 Å². The Labute approximate surface area is 421 Å². The van der Waals surface area contributed by atoms with Gasteiger partial charge in [-0.05, 0) is 56.2 Å². The van der Waals surface area contributed by atoms with Crippen LogP contribution < -0.4 is 42.1 Å². The number of hydrogen-bond acceptors (Lipinski definition) is 16. The molecule has 2 aromatic heterocycles. The Bertz CT molecular complexity index is 2730. The summed E-state index contributed by atoms with van der Waals surface area (Å²) in [5.74, 6) is -3.05. The van der Waals surface area contributed by atoms with Gasteiger partial charge in [0.15, 0.2) is 0 Å². The van der Waals surface area contributed by atoms with Gasteiger partial charge in [0.05, 0.1) is 13.2 Å². The van der Waals surface area contributed by atoms with Crippen LogP contribution in [0.15, 0.2) is 94.5 Å². The van der Waals surface area contributed by atoms with Crippen LogP contribution in [-0.2, 0) is 27.5 Å². The van der Waals surface area contributed by atoms with Crippen molar-refractivity contribution in [3.63, 3.8) is 0 Å². The van der Waals surface area contributed by atoms with Crippen molar-refractivity contribution in [2.45, 2.75) is 45.6 Å². The lowest BCUT2D eigenvalue weighted by Gasteiger charge is -2.21. The first-order chi connectivity index (χ1) is 33.5. The molecule has 70 heavy (non-hydrogen) atoms. The van der Waals surface area contributed by atoms with Crippen LogP contribution in [0, 0.1) is 0 Å². The molecule has 2 saturated heterocycles. The number of thioether (sulfide) groups is 2.